The van der Waals surface area contributed by atoms with Crippen molar-refractivity contribution in [2.24, 2.45) is 22.7 Å². The normalized spacial score (nSPS) is 22.2. The molecular formula is C19H20N4O2S. The number of benzene rings is 1. The lowest BCUT2D eigenvalue weighted by Crippen LogP contribution is -2.30. The molecule has 3 atom stereocenters. The van der Waals surface area contributed by atoms with E-state index in [9.17, 15) is 9.90 Å². The fourth-order valence-electron chi connectivity index (χ4n) is 3.23. The van der Waals surface area contributed by atoms with E-state index in [0.29, 0.717) is 5.71 Å². The maximum absolute atomic E-state index is 12.0. The summed E-state index contributed by atoms with van der Waals surface area (Å²) in [6.07, 6.45) is 10.0. The van der Waals surface area contributed by atoms with Gasteiger partial charge in [0.15, 0.2) is 5.11 Å². The van der Waals surface area contributed by atoms with Crippen molar-refractivity contribution in [2.45, 2.75) is 12.5 Å². The van der Waals surface area contributed by atoms with Gasteiger partial charge in [0.25, 0.3) is 0 Å². The summed E-state index contributed by atoms with van der Waals surface area (Å²) in [4.78, 5) is 12.0. The number of hydrogen-bond acceptors (Lipinski definition) is 4. The minimum atomic E-state index is -0.888. The third kappa shape index (κ3) is 4.00. The van der Waals surface area contributed by atoms with E-state index in [1.54, 1.807) is 0 Å². The average molecular weight is 368 g/mol. The van der Waals surface area contributed by atoms with Gasteiger partial charge in [-0.25, -0.2) is 0 Å². The molecular weight excluding hydrogens is 348 g/mol. The number of nitrogens with two attached hydrogens (primary N) is 1. The Morgan fingerprint density at radius 3 is 2.73 bits per heavy atom. The smallest absolute Gasteiger partial charge is 0.311 e. The topological polar surface area (TPSA) is 99.7 Å². The van der Waals surface area contributed by atoms with Crippen molar-refractivity contribution in [3.63, 3.8) is 0 Å². The predicted octanol–water partition coefficient (Wildman–Crippen LogP) is 1.91. The summed E-state index contributed by atoms with van der Waals surface area (Å²) in [6, 6.07) is 9.51. The van der Waals surface area contributed by atoms with Crippen LogP contribution in [0.3, 0.4) is 0 Å². The van der Waals surface area contributed by atoms with Gasteiger partial charge in [0, 0.05) is 12.3 Å². The minimum absolute atomic E-state index is 0.0293. The van der Waals surface area contributed by atoms with Gasteiger partial charge in [-0.05, 0) is 29.6 Å². The lowest BCUT2D eigenvalue weighted by atomic mass is 9.81. The number of nitrogens with zero attached hydrogens (tertiary/aromatic N) is 1. The highest BCUT2D eigenvalue weighted by molar-refractivity contribution is 7.80. The maximum Gasteiger partial charge on any atom is 0.311 e. The monoisotopic (exact) mass is 368 g/mol. The molecule has 1 aliphatic carbocycles. The molecule has 1 aliphatic heterocycles. The third-order valence-corrected chi connectivity index (χ3v) is 4.56. The summed E-state index contributed by atoms with van der Waals surface area (Å²) in [6.45, 7) is 0. The van der Waals surface area contributed by atoms with Crippen LogP contribution in [-0.4, -0.2) is 27.9 Å². The molecule has 3 unspecified atom stereocenters. The number of hydrogen-bond donors (Lipinski definition) is 4. The van der Waals surface area contributed by atoms with Gasteiger partial charge in [-0.15, -0.1) is 0 Å². The molecule has 0 aromatic heterocycles. The van der Waals surface area contributed by atoms with Crippen LogP contribution in [-0.2, 0) is 4.79 Å². The highest BCUT2D eigenvalue weighted by Gasteiger charge is 2.36. The van der Waals surface area contributed by atoms with Crippen molar-refractivity contribution in [1.29, 1.82) is 0 Å². The van der Waals surface area contributed by atoms with Crippen LogP contribution < -0.4 is 16.5 Å². The molecule has 0 radical (unpaired) electrons. The third-order valence-electron chi connectivity index (χ3n) is 4.47. The van der Waals surface area contributed by atoms with Crippen molar-refractivity contribution in [3.05, 3.63) is 72.0 Å². The van der Waals surface area contributed by atoms with Crippen LogP contribution in [0.25, 0.3) is 0 Å². The zero-order valence-electron chi connectivity index (χ0n) is 14.0. The number of allylic oxidation sites excluding steroid dienone is 2. The van der Waals surface area contributed by atoms with E-state index < -0.39 is 11.9 Å². The van der Waals surface area contributed by atoms with Crippen LogP contribution in [0.2, 0.25) is 0 Å². The van der Waals surface area contributed by atoms with Gasteiger partial charge in [0.2, 0.25) is 0 Å². The summed E-state index contributed by atoms with van der Waals surface area (Å²) < 4.78 is 0. The first-order chi connectivity index (χ1) is 12.6. The van der Waals surface area contributed by atoms with Crippen LogP contribution in [0.1, 0.15) is 12.0 Å². The number of hydrazone groups is 1. The molecule has 134 valence electrons. The number of carboxylic acid groups (broad SMARTS) is 1. The molecule has 1 aromatic carbocycles. The van der Waals surface area contributed by atoms with Crippen LogP contribution in [0.4, 0.5) is 0 Å². The number of fused-ring (bicyclic) bond motifs is 1. The van der Waals surface area contributed by atoms with Crippen LogP contribution in [0, 0.1) is 11.8 Å². The summed E-state index contributed by atoms with van der Waals surface area (Å²) >= 11 is 4.82. The highest BCUT2D eigenvalue weighted by atomic mass is 32.1. The summed E-state index contributed by atoms with van der Waals surface area (Å²) in [5.74, 6) is -1.57. The summed E-state index contributed by atoms with van der Waals surface area (Å²) in [7, 11) is 0. The Morgan fingerprint density at radius 2 is 2.04 bits per heavy atom. The lowest BCUT2D eigenvalue weighted by molar-refractivity contribution is -0.140. The van der Waals surface area contributed by atoms with E-state index in [-0.39, 0.29) is 23.5 Å². The zero-order chi connectivity index (χ0) is 18.5. The van der Waals surface area contributed by atoms with Crippen molar-refractivity contribution in [3.8, 4) is 0 Å². The van der Waals surface area contributed by atoms with Crippen LogP contribution in [0.5, 0.6) is 0 Å². The Bertz CT molecular complexity index is 814. The van der Waals surface area contributed by atoms with Gasteiger partial charge in [-0.2, -0.15) is 5.10 Å². The first kappa shape index (κ1) is 17.9. The molecule has 2 aliphatic rings. The SMILES string of the molecule is NC(=S)N/N=C(/CC(C(=O)O)C1=CNC2C=CC=CC12)c1ccccc1. The van der Waals surface area contributed by atoms with Gasteiger partial charge in [-0.1, -0.05) is 54.6 Å². The molecule has 3 rings (SSSR count). The Balaban J connectivity index is 1.88. The number of rotatable bonds is 6. The molecule has 7 heteroatoms. The maximum atomic E-state index is 12.0. The number of aliphatic carboxylic acids is 1. The molecule has 0 saturated carbocycles. The van der Waals surface area contributed by atoms with Gasteiger partial charge in [0.1, 0.15) is 0 Å². The fraction of sp³-hybridized carbons (Fsp3) is 0.211. The highest BCUT2D eigenvalue weighted by Crippen LogP contribution is 2.34. The Morgan fingerprint density at radius 1 is 1.31 bits per heavy atom. The van der Waals surface area contributed by atoms with Gasteiger partial charge < -0.3 is 16.2 Å². The number of carboxylic acids is 1. The first-order valence-corrected chi connectivity index (χ1v) is 8.68. The summed E-state index contributed by atoms with van der Waals surface area (Å²) in [5, 5.41) is 17.4. The molecule has 0 fully saturated rings. The molecule has 6 nitrogen and oxygen atoms in total. The Hall–Kier alpha value is -2.93. The van der Waals surface area contributed by atoms with Gasteiger partial charge in [0.05, 0.1) is 17.7 Å². The van der Waals surface area contributed by atoms with Crippen molar-refractivity contribution >= 4 is 29.0 Å². The summed E-state index contributed by atoms with van der Waals surface area (Å²) in [5.41, 5.74) is 10.3. The quantitative estimate of drug-likeness (QED) is 0.348. The Labute approximate surface area is 157 Å². The van der Waals surface area contributed by atoms with E-state index >= 15 is 0 Å². The van der Waals surface area contributed by atoms with Crippen molar-refractivity contribution in [1.82, 2.24) is 10.7 Å². The van der Waals surface area contributed by atoms with Crippen molar-refractivity contribution < 1.29 is 9.90 Å². The number of nitrogens with one attached hydrogen (secondary N) is 2. The van der Waals surface area contributed by atoms with Crippen molar-refractivity contribution in [2.75, 3.05) is 0 Å². The zero-order valence-corrected chi connectivity index (χ0v) is 14.8. The number of thiocarbonyl (C=S) groups is 1. The lowest BCUT2D eigenvalue weighted by Gasteiger charge is -2.23. The first-order valence-electron chi connectivity index (χ1n) is 8.27. The van der Waals surface area contributed by atoms with E-state index in [0.717, 1.165) is 11.1 Å². The Kier molecular flexibility index (Phi) is 5.48. The van der Waals surface area contributed by atoms with Gasteiger partial charge in [-0.3, -0.25) is 10.2 Å². The van der Waals surface area contributed by atoms with Gasteiger partial charge >= 0.3 is 5.97 Å². The van der Waals surface area contributed by atoms with Crippen LogP contribution >= 0.6 is 12.2 Å². The van der Waals surface area contributed by atoms with E-state index in [2.05, 4.69) is 15.8 Å². The van der Waals surface area contributed by atoms with Crippen LogP contribution in [0.15, 0.2) is 71.5 Å². The van der Waals surface area contributed by atoms with E-state index in [1.807, 2.05) is 60.8 Å². The average Bonchev–Trinajstić information content (AvgIpc) is 3.06. The molecule has 1 heterocycles. The molecule has 26 heavy (non-hydrogen) atoms. The molecule has 0 spiro atoms. The van der Waals surface area contributed by atoms with E-state index in [4.69, 9.17) is 18.0 Å². The number of carbonyl (C=O) groups is 1. The predicted molar refractivity (Wildman–Crippen MR) is 105 cm³/mol. The molecule has 1 aromatic rings. The second-order valence-electron chi connectivity index (χ2n) is 6.13. The van der Waals surface area contributed by atoms with E-state index in [1.165, 1.54) is 0 Å². The second-order valence-corrected chi connectivity index (χ2v) is 6.57. The fourth-order valence-corrected chi connectivity index (χ4v) is 3.27. The molecule has 0 saturated heterocycles. The standard InChI is InChI=1S/C19H20N4O2S/c20-19(26)23-22-17(12-6-2-1-3-7-12)10-14(18(24)25)15-11-21-16-9-5-4-8-13(15)16/h1-9,11,13-14,16,21H,10H2,(H,24,25)(H3,20,23,26)/b22-17-. The minimum Gasteiger partial charge on any atom is -0.481 e. The molecule has 0 bridgehead atoms. The molecule has 0 amide bonds. The molecule has 5 N–H and O–H groups in total. The second kappa shape index (κ2) is 7.97. The largest absolute Gasteiger partial charge is 0.481 e.